The molecule has 0 spiro atoms. The van der Waals surface area contributed by atoms with Crippen LogP contribution in [0.2, 0.25) is 0 Å². The van der Waals surface area contributed by atoms with Crippen molar-refractivity contribution in [2.45, 2.75) is 19.5 Å². The Morgan fingerprint density at radius 2 is 1.41 bits per heavy atom. The maximum Gasteiger partial charge on any atom is 0.416 e. The van der Waals surface area contributed by atoms with Crippen molar-refractivity contribution in [3.05, 3.63) is 10.4 Å². The smallest absolute Gasteiger partial charge is 0.416 e. The van der Waals surface area contributed by atoms with Crippen molar-refractivity contribution in [1.82, 2.24) is 0 Å². The minimum absolute atomic E-state index is 0.0751. The first-order chi connectivity index (χ1) is 8.17. The van der Waals surface area contributed by atoms with Crippen LogP contribution in [-0.4, -0.2) is 43.7 Å². The molecule has 10 heteroatoms. The van der Waals surface area contributed by atoms with E-state index in [4.69, 9.17) is 0 Å². The molecule has 0 aliphatic carbocycles. The highest BCUT2D eigenvalue weighted by Crippen LogP contribution is 2.01. The Hall–Kier alpha value is -1.68. The third-order valence-electron chi connectivity index (χ3n) is 1.49. The average molecular weight is 252 g/mol. The van der Waals surface area contributed by atoms with Gasteiger partial charge in [0.15, 0.2) is 0 Å². The maximum atomic E-state index is 11.3. The SMILES string of the molecule is CCC(/[N+]([O-])=N/OCOC)/[N+]([O-])=N/OCOC. The lowest BCUT2D eigenvalue weighted by Crippen LogP contribution is -2.29. The van der Waals surface area contributed by atoms with Gasteiger partial charge in [-0.05, 0) is 0 Å². The van der Waals surface area contributed by atoms with E-state index in [1.165, 1.54) is 14.2 Å². The van der Waals surface area contributed by atoms with E-state index in [0.717, 1.165) is 0 Å². The van der Waals surface area contributed by atoms with Gasteiger partial charge >= 0.3 is 6.17 Å². The van der Waals surface area contributed by atoms with E-state index in [9.17, 15) is 10.4 Å². The molecule has 0 radical (unpaired) electrons. The molecule has 0 aliphatic rings. The minimum atomic E-state index is -1.18. The highest BCUT2D eigenvalue weighted by atomic mass is 16.8. The zero-order valence-corrected chi connectivity index (χ0v) is 9.94. The van der Waals surface area contributed by atoms with E-state index in [0.29, 0.717) is 0 Å². The van der Waals surface area contributed by atoms with Crippen LogP contribution in [0.25, 0.3) is 0 Å². The van der Waals surface area contributed by atoms with Gasteiger partial charge in [0, 0.05) is 23.9 Å². The predicted octanol–water partition coefficient (Wildman–Crippen LogP) is 0.718. The Bertz CT molecular complexity index is 235. The number of hydroxylamine groups is 2. The first-order valence-electron chi connectivity index (χ1n) is 4.73. The predicted molar refractivity (Wildman–Crippen MR) is 52.1 cm³/mol. The second kappa shape index (κ2) is 9.54. The first-order valence-corrected chi connectivity index (χ1v) is 4.73. The van der Waals surface area contributed by atoms with Gasteiger partial charge in [0.25, 0.3) is 0 Å². The van der Waals surface area contributed by atoms with E-state index < -0.39 is 6.17 Å². The molecule has 17 heavy (non-hydrogen) atoms. The van der Waals surface area contributed by atoms with Gasteiger partial charge < -0.3 is 29.6 Å². The van der Waals surface area contributed by atoms with Crippen molar-refractivity contribution in [1.29, 1.82) is 0 Å². The molecule has 0 unspecified atom stereocenters. The molecule has 0 saturated carbocycles. The lowest BCUT2D eigenvalue weighted by atomic mass is 10.4. The Labute approximate surface area is 98.1 Å². The summed E-state index contributed by atoms with van der Waals surface area (Å²) in [5.74, 6) is 0. The van der Waals surface area contributed by atoms with Crippen LogP contribution in [0.1, 0.15) is 13.3 Å². The number of nitrogens with zero attached hydrogens (tertiary/aromatic N) is 4. The lowest BCUT2D eigenvalue weighted by Gasteiger charge is -2.08. The summed E-state index contributed by atoms with van der Waals surface area (Å²) in [4.78, 5) is 9.04. The van der Waals surface area contributed by atoms with Gasteiger partial charge in [0.2, 0.25) is 24.1 Å². The zero-order valence-electron chi connectivity index (χ0n) is 9.94. The highest BCUT2D eigenvalue weighted by molar-refractivity contribution is 4.31. The molecule has 0 aromatic carbocycles. The van der Waals surface area contributed by atoms with Crippen molar-refractivity contribution in [3.8, 4) is 0 Å². The Kier molecular flexibility index (Phi) is 8.60. The van der Waals surface area contributed by atoms with Crippen LogP contribution >= 0.6 is 0 Å². The molecule has 0 atom stereocenters. The first kappa shape index (κ1) is 15.3. The van der Waals surface area contributed by atoms with Crippen LogP contribution in [0, 0.1) is 10.4 Å². The van der Waals surface area contributed by atoms with Gasteiger partial charge in [-0.25, -0.2) is 0 Å². The van der Waals surface area contributed by atoms with Crippen molar-refractivity contribution in [3.63, 3.8) is 0 Å². The van der Waals surface area contributed by atoms with Crippen LogP contribution in [0.4, 0.5) is 0 Å². The molecule has 0 aromatic heterocycles. The van der Waals surface area contributed by atoms with E-state index in [2.05, 4.69) is 29.7 Å². The van der Waals surface area contributed by atoms with E-state index in [1.54, 1.807) is 6.92 Å². The van der Waals surface area contributed by atoms with Gasteiger partial charge in [-0.1, -0.05) is 6.92 Å². The summed E-state index contributed by atoms with van der Waals surface area (Å²) < 4.78 is 9.02. The number of hydrogen-bond acceptors (Lipinski definition) is 8. The van der Waals surface area contributed by atoms with Crippen molar-refractivity contribution in [2.24, 2.45) is 10.6 Å². The largest absolute Gasteiger partial charge is 0.592 e. The van der Waals surface area contributed by atoms with Crippen molar-refractivity contribution >= 4 is 0 Å². The number of methoxy groups -OCH3 is 2. The molecule has 0 saturated heterocycles. The van der Waals surface area contributed by atoms with Crippen LogP contribution in [0.15, 0.2) is 10.6 Å². The number of ether oxygens (including phenoxy) is 2. The fourth-order valence-electron chi connectivity index (χ4n) is 0.772. The van der Waals surface area contributed by atoms with Gasteiger partial charge in [-0.2, -0.15) is 0 Å². The molecule has 0 rings (SSSR count). The van der Waals surface area contributed by atoms with Crippen LogP contribution in [0.5, 0.6) is 0 Å². The standard InChI is InChI=1S/C7H16N4O6/c1-4-7(10(12)8-16-5-14-2)11(13)9-17-6-15-3/h7H,4-6H2,1-3H3/b10-8-,11-9-. The lowest BCUT2D eigenvalue weighted by molar-refractivity contribution is -0.798. The summed E-state index contributed by atoms with van der Waals surface area (Å²) in [6, 6.07) is 0. The number of rotatable bonds is 9. The van der Waals surface area contributed by atoms with Crippen LogP contribution in [-0.2, 0) is 19.1 Å². The molecule has 0 N–H and O–H groups in total. The van der Waals surface area contributed by atoms with E-state index in [1.807, 2.05) is 0 Å². The zero-order chi connectivity index (χ0) is 13.1. The Morgan fingerprint density at radius 3 is 1.71 bits per heavy atom. The fraction of sp³-hybridized carbons (Fsp3) is 1.00. The summed E-state index contributed by atoms with van der Waals surface area (Å²) in [5.41, 5.74) is 0. The van der Waals surface area contributed by atoms with Crippen LogP contribution < -0.4 is 0 Å². The molecule has 0 bridgehead atoms. The Balaban J connectivity index is 4.37. The second-order valence-electron chi connectivity index (χ2n) is 2.73. The summed E-state index contributed by atoms with van der Waals surface area (Å²) in [6.45, 7) is 1.23. The average Bonchev–Trinajstić information content (AvgIpc) is 2.30. The third-order valence-corrected chi connectivity index (χ3v) is 1.49. The second-order valence-corrected chi connectivity index (χ2v) is 2.73. The minimum Gasteiger partial charge on any atom is -0.592 e. The van der Waals surface area contributed by atoms with E-state index in [-0.39, 0.29) is 29.7 Å². The highest BCUT2D eigenvalue weighted by Gasteiger charge is 2.27. The van der Waals surface area contributed by atoms with Crippen LogP contribution in [0.3, 0.4) is 0 Å². The van der Waals surface area contributed by atoms with Gasteiger partial charge in [-0.3, -0.25) is 0 Å². The van der Waals surface area contributed by atoms with Gasteiger partial charge in [-0.15, -0.1) is 0 Å². The molecule has 10 nitrogen and oxygen atoms in total. The van der Waals surface area contributed by atoms with Crippen molar-refractivity contribution < 1.29 is 28.9 Å². The molecular weight excluding hydrogens is 236 g/mol. The summed E-state index contributed by atoms with van der Waals surface area (Å²) in [7, 11) is 2.74. The quantitative estimate of drug-likeness (QED) is 0.196. The summed E-state index contributed by atoms with van der Waals surface area (Å²) >= 11 is 0. The molecular formula is C7H16N4O6. The Morgan fingerprint density at radius 1 is 1.00 bits per heavy atom. The normalized spacial score (nSPS) is 12.9. The molecule has 0 aromatic rings. The molecule has 0 amide bonds. The topological polar surface area (TPSA) is 114 Å². The molecule has 0 heterocycles. The molecule has 0 fully saturated rings. The van der Waals surface area contributed by atoms with Gasteiger partial charge in [0.1, 0.15) is 0 Å². The third kappa shape index (κ3) is 6.48. The maximum absolute atomic E-state index is 11.3. The summed E-state index contributed by atoms with van der Waals surface area (Å²) in [6.07, 6.45) is -1.00. The van der Waals surface area contributed by atoms with Gasteiger partial charge in [0.05, 0.1) is 6.42 Å². The monoisotopic (exact) mass is 252 g/mol. The number of hydrogen-bond donors (Lipinski definition) is 0. The van der Waals surface area contributed by atoms with E-state index >= 15 is 0 Å². The fourth-order valence-corrected chi connectivity index (χ4v) is 0.772. The molecule has 100 valence electrons. The molecule has 0 aliphatic heterocycles. The summed E-state index contributed by atoms with van der Waals surface area (Å²) in [5, 5.41) is 28.8. The van der Waals surface area contributed by atoms with Crippen molar-refractivity contribution in [2.75, 3.05) is 27.8 Å².